The van der Waals surface area contributed by atoms with Crippen LogP contribution in [0.4, 0.5) is 0 Å². The van der Waals surface area contributed by atoms with Gasteiger partial charge in [-0.25, -0.2) is 0 Å². The van der Waals surface area contributed by atoms with Gasteiger partial charge in [-0.05, 0) is 18.6 Å². The van der Waals surface area contributed by atoms with Crippen LogP contribution >= 0.6 is 11.8 Å². The zero-order valence-electron chi connectivity index (χ0n) is 8.86. The number of carbonyl (C=O) groups is 2. The van der Waals surface area contributed by atoms with Crippen LogP contribution in [0.5, 0.6) is 0 Å². The lowest BCUT2D eigenvalue weighted by Gasteiger charge is -2.14. The van der Waals surface area contributed by atoms with Crippen molar-refractivity contribution in [1.29, 1.82) is 0 Å². The first kappa shape index (κ1) is 11.0. The number of hydrogen-bond donors (Lipinski definition) is 1. The molecule has 0 spiro atoms. The van der Waals surface area contributed by atoms with Crippen LogP contribution in [0.15, 0.2) is 0 Å². The van der Waals surface area contributed by atoms with E-state index in [1.54, 1.807) is 7.05 Å². The number of likely N-dealkylation sites (N-methyl/N-ethyl adjacent to an activating group) is 1. The Kier molecular flexibility index (Phi) is 3.31. The van der Waals surface area contributed by atoms with Gasteiger partial charge in [0.1, 0.15) is 0 Å². The molecular formula is C10H16N2O2S. The van der Waals surface area contributed by atoms with Crippen molar-refractivity contribution in [2.75, 3.05) is 19.3 Å². The van der Waals surface area contributed by atoms with Crippen LogP contribution in [0.1, 0.15) is 19.3 Å². The summed E-state index contributed by atoms with van der Waals surface area (Å²) >= 11 is 1.96. The third kappa shape index (κ3) is 2.34. The number of hydrogen-bond acceptors (Lipinski definition) is 4. The van der Waals surface area contributed by atoms with Gasteiger partial charge in [0.05, 0.1) is 12.5 Å². The Morgan fingerprint density at radius 2 is 2.33 bits per heavy atom. The molecule has 0 radical (unpaired) electrons. The number of nitrogens with one attached hydrogen (secondary N) is 1. The van der Waals surface area contributed by atoms with Crippen molar-refractivity contribution in [3.63, 3.8) is 0 Å². The van der Waals surface area contributed by atoms with E-state index < -0.39 is 0 Å². The highest BCUT2D eigenvalue weighted by atomic mass is 32.2. The van der Waals surface area contributed by atoms with Crippen LogP contribution in [0, 0.1) is 0 Å². The molecule has 2 fully saturated rings. The summed E-state index contributed by atoms with van der Waals surface area (Å²) in [6.07, 6.45) is 2.82. The lowest BCUT2D eigenvalue weighted by Crippen LogP contribution is -2.39. The topological polar surface area (TPSA) is 49.4 Å². The Morgan fingerprint density at radius 3 is 2.87 bits per heavy atom. The average molecular weight is 228 g/mol. The van der Waals surface area contributed by atoms with Gasteiger partial charge in [-0.1, -0.05) is 0 Å². The van der Waals surface area contributed by atoms with Crippen molar-refractivity contribution in [3.8, 4) is 0 Å². The summed E-state index contributed by atoms with van der Waals surface area (Å²) in [5.41, 5.74) is 0. The largest absolute Gasteiger partial charge is 0.304 e. The highest BCUT2D eigenvalue weighted by Gasteiger charge is 2.35. The summed E-state index contributed by atoms with van der Waals surface area (Å²) in [5, 5.41) is 3.83. The van der Waals surface area contributed by atoms with E-state index in [9.17, 15) is 9.59 Å². The fraction of sp³-hybridized carbons (Fsp3) is 0.800. The van der Waals surface area contributed by atoms with E-state index in [-0.39, 0.29) is 17.9 Å². The van der Waals surface area contributed by atoms with Gasteiger partial charge in [-0.2, -0.15) is 11.8 Å². The minimum Gasteiger partial charge on any atom is -0.304 e. The Morgan fingerprint density at radius 1 is 1.53 bits per heavy atom. The van der Waals surface area contributed by atoms with Crippen LogP contribution < -0.4 is 5.32 Å². The van der Waals surface area contributed by atoms with Gasteiger partial charge in [0.2, 0.25) is 11.8 Å². The molecule has 2 aliphatic rings. The molecule has 0 aromatic heterocycles. The van der Waals surface area contributed by atoms with Crippen molar-refractivity contribution in [1.82, 2.24) is 10.2 Å². The van der Waals surface area contributed by atoms with Gasteiger partial charge < -0.3 is 5.32 Å². The molecule has 2 saturated heterocycles. The smallest absolute Gasteiger partial charge is 0.246 e. The summed E-state index contributed by atoms with van der Waals surface area (Å²) in [6.45, 7) is 0.849. The molecule has 2 amide bonds. The fourth-order valence-electron chi connectivity index (χ4n) is 1.99. The number of imide groups is 1. The van der Waals surface area contributed by atoms with Gasteiger partial charge in [0, 0.05) is 18.8 Å². The molecule has 84 valence electrons. The number of rotatable bonds is 3. The highest BCUT2D eigenvalue weighted by molar-refractivity contribution is 8.00. The number of nitrogens with zero attached hydrogens (tertiary/aromatic N) is 1. The maximum Gasteiger partial charge on any atom is 0.246 e. The molecule has 4 nitrogen and oxygen atoms in total. The van der Waals surface area contributed by atoms with Gasteiger partial charge in [-0.3, -0.25) is 14.5 Å². The van der Waals surface area contributed by atoms with Gasteiger partial charge in [0.25, 0.3) is 0 Å². The van der Waals surface area contributed by atoms with E-state index in [4.69, 9.17) is 0 Å². The third-order valence-corrected chi connectivity index (χ3v) is 4.40. The highest BCUT2D eigenvalue weighted by Crippen LogP contribution is 2.25. The molecular weight excluding hydrogens is 212 g/mol. The minimum absolute atomic E-state index is 0.0726. The van der Waals surface area contributed by atoms with Crippen molar-refractivity contribution < 1.29 is 9.59 Å². The van der Waals surface area contributed by atoms with Crippen molar-refractivity contribution >= 4 is 23.6 Å². The lowest BCUT2D eigenvalue weighted by atomic mass is 10.2. The first-order valence-electron chi connectivity index (χ1n) is 5.34. The maximum atomic E-state index is 11.6. The number of likely N-dealkylation sites (tertiary alicyclic amines) is 1. The Hall–Kier alpha value is -0.550. The van der Waals surface area contributed by atoms with Crippen molar-refractivity contribution in [2.24, 2.45) is 0 Å². The third-order valence-electron chi connectivity index (χ3n) is 3.00. The van der Waals surface area contributed by atoms with E-state index in [1.807, 2.05) is 11.8 Å². The fourth-order valence-corrected chi connectivity index (χ4v) is 3.21. The Labute approximate surface area is 93.8 Å². The summed E-state index contributed by atoms with van der Waals surface area (Å²) < 4.78 is 0. The molecule has 2 atom stereocenters. The minimum atomic E-state index is -0.274. The van der Waals surface area contributed by atoms with Crippen molar-refractivity contribution in [2.45, 2.75) is 30.6 Å². The van der Waals surface area contributed by atoms with Gasteiger partial charge in [-0.15, -0.1) is 0 Å². The van der Waals surface area contributed by atoms with E-state index in [1.165, 1.54) is 23.5 Å². The molecule has 0 aromatic rings. The first-order valence-corrected chi connectivity index (χ1v) is 6.39. The molecule has 5 heteroatoms. The molecule has 2 aliphatic heterocycles. The average Bonchev–Trinajstić information content (AvgIpc) is 2.80. The second-order valence-corrected chi connectivity index (χ2v) is 5.50. The molecule has 0 bridgehead atoms. The molecule has 2 unspecified atom stereocenters. The predicted molar refractivity (Wildman–Crippen MR) is 59.7 cm³/mol. The predicted octanol–water partition coefficient (Wildman–Crippen LogP) is 0.229. The van der Waals surface area contributed by atoms with Crippen LogP contribution in [0.2, 0.25) is 0 Å². The van der Waals surface area contributed by atoms with Crippen LogP contribution in [0.25, 0.3) is 0 Å². The zero-order chi connectivity index (χ0) is 10.8. The van der Waals surface area contributed by atoms with E-state index in [2.05, 4.69) is 5.32 Å². The zero-order valence-corrected chi connectivity index (χ0v) is 9.68. The molecule has 2 heterocycles. The van der Waals surface area contributed by atoms with Crippen LogP contribution in [-0.4, -0.2) is 47.4 Å². The number of thioether (sulfide) groups is 1. The first-order chi connectivity index (χ1) is 7.18. The van der Waals surface area contributed by atoms with E-state index >= 15 is 0 Å². The van der Waals surface area contributed by atoms with Crippen LogP contribution in [0.3, 0.4) is 0 Å². The second kappa shape index (κ2) is 4.53. The maximum absolute atomic E-state index is 11.6. The molecule has 2 rings (SSSR count). The SMILES string of the molecule is CN1C(=O)CC(NCC2CCCS2)C1=O. The summed E-state index contributed by atoms with van der Waals surface area (Å²) in [5.74, 6) is 1.07. The van der Waals surface area contributed by atoms with Crippen molar-refractivity contribution in [3.05, 3.63) is 0 Å². The van der Waals surface area contributed by atoms with Gasteiger partial charge >= 0.3 is 0 Å². The quantitative estimate of drug-likeness (QED) is 0.703. The van der Waals surface area contributed by atoms with Gasteiger partial charge in [0.15, 0.2) is 0 Å². The molecule has 0 aliphatic carbocycles. The molecule has 0 saturated carbocycles. The molecule has 0 aromatic carbocycles. The Balaban J connectivity index is 1.80. The summed E-state index contributed by atoms with van der Waals surface area (Å²) in [6, 6.07) is -0.274. The molecule has 1 N–H and O–H groups in total. The second-order valence-electron chi connectivity index (χ2n) is 4.09. The lowest BCUT2D eigenvalue weighted by molar-refractivity contribution is -0.137. The standard InChI is InChI=1S/C10H16N2O2S/c1-12-9(13)5-8(10(12)14)11-6-7-3-2-4-15-7/h7-8,11H,2-6H2,1H3. The Bertz CT molecular complexity index is 277. The summed E-state index contributed by atoms with van der Waals surface area (Å²) in [7, 11) is 1.55. The molecule has 15 heavy (non-hydrogen) atoms. The van der Waals surface area contributed by atoms with E-state index in [0.717, 1.165) is 6.54 Å². The normalized spacial score (nSPS) is 31.7. The van der Waals surface area contributed by atoms with E-state index in [0.29, 0.717) is 11.7 Å². The summed E-state index contributed by atoms with van der Waals surface area (Å²) in [4.78, 5) is 24.0. The monoisotopic (exact) mass is 228 g/mol. The van der Waals surface area contributed by atoms with Crippen LogP contribution in [-0.2, 0) is 9.59 Å². The number of carbonyl (C=O) groups excluding carboxylic acids is 2. The number of amides is 2.